The fraction of sp³-hybridized carbons (Fsp3) is 0.238. The van der Waals surface area contributed by atoms with Crippen molar-refractivity contribution < 1.29 is 19.0 Å². The lowest BCUT2D eigenvalue weighted by molar-refractivity contribution is 0.103. The van der Waals surface area contributed by atoms with Crippen molar-refractivity contribution in [1.82, 2.24) is 0 Å². The van der Waals surface area contributed by atoms with Gasteiger partial charge in [0.05, 0.1) is 13.2 Å². The lowest BCUT2D eigenvalue weighted by Gasteiger charge is -2.28. The van der Waals surface area contributed by atoms with E-state index in [0.717, 1.165) is 37.6 Å². The van der Waals surface area contributed by atoms with Gasteiger partial charge in [-0.1, -0.05) is 12.1 Å². The summed E-state index contributed by atoms with van der Waals surface area (Å²) in [6.07, 6.45) is 1.61. The van der Waals surface area contributed by atoms with Crippen molar-refractivity contribution in [3.05, 3.63) is 59.2 Å². The minimum absolute atomic E-state index is 0.0768. The monoisotopic (exact) mass is 362 g/mol. The number of carbonyl (C=O) groups is 1. The lowest BCUT2D eigenvalue weighted by Crippen LogP contribution is -2.36. The largest absolute Gasteiger partial charge is 0.454 e. The molecule has 0 N–H and O–H groups in total. The highest BCUT2D eigenvalue weighted by Crippen LogP contribution is 2.33. The first-order valence-corrected chi connectivity index (χ1v) is 8.73. The number of carbonyl (C=O) groups excluding carboxylic acids is 1. The molecule has 2 aromatic rings. The molecule has 4 rings (SSSR count). The molecule has 0 radical (unpaired) electrons. The van der Waals surface area contributed by atoms with Crippen LogP contribution in [0.1, 0.15) is 15.9 Å². The van der Waals surface area contributed by atoms with E-state index in [1.54, 1.807) is 24.3 Å². The van der Waals surface area contributed by atoms with Crippen LogP contribution in [0.15, 0.2) is 48.0 Å². The number of nitriles is 1. The highest BCUT2D eigenvalue weighted by atomic mass is 16.7. The molecular weight excluding hydrogens is 344 g/mol. The third-order valence-corrected chi connectivity index (χ3v) is 4.58. The molecule has 0 unspecified atom stereocenters. The second-order valence-electron chi connectivity index (χ2n) is 6.26. The van der Waals surface area contributed by atoms with E-state index < -0.39 is 0 Å². The number of allylic oxidation sites excluding steroid dienone is 1. The Kier molecular flexibility index (Phi) is 4.77. The third kappa shape index (κ3) is 3.64. The average molecular weight is 362 g/mol. The lowest BCUT2D eigenvalue weighted by atomic mass is 10.0. The van der Waals surface area contributed by atoms with Gasteiger partial charge in [0, 0.05) is 24.3 Å². The second kappa shape index (κ2) is 7.52. The van der Waals surface area contributed by atoms with Crippen molar-refractivity contribution >= 4 is 17.5 Å². The first-order chi connectivity index (χ1) is 13.2. The fourth-order valence-electron chi connectivity index (χ4n) is 3.11. The molecular formula is C21H18N2O4. The van der Waals surface area contributed by atoms with Crippen LogP contribution in [0.3, 0.4) is 0 Å². The van der Waals surface area contributed by atoms with Crippen LogP contribution < -0.4 is 14.4 Å². The van der Waals surface area contributed by atoms with Gasteiger partial charge in [-0.2, -0.15) is 5.26 Å². The van der Waals surface area contributed by atoms with Crippen molar-refractivity contribution in [2.45, 2.75) is 0 Å². The van der Waals surface area contributed by atoms with Crippen LogP contribution in [0.4, 0.5) is 5.69 Å². The Bertz CT molecular complexity index is 922. The number of nitrogens with zero attached hydrogens (tertiary/aromatic N) is 2. The Morgan fingerprint density at radius 1 is 1.04 bits per heavy atom. The summed E-state index contributed by atoms with van der Waals surface area (Å²) in [6, 6.07) is 14.8. The van der Waals surface area contributed by atoms with Gasteiger partial charge in [0.25, 0.3) is 0 Å². The number of ketones is 1. The molecule has 136 valence electrons. The Morgan fingerprint density at radius 3 is 2.52 bits per heavy atom. The SMILES string of the molecule is N#C/C(=C/c1ccc(N2CCOCC2)cc1)C(=O)c1ccc2c(c1)OCO2. The maximum atomic E-state index is 12.7. The van der Waals surface area contributed by atoms with E-state index in [4.69, 9.17) is 14.2 Å². The van der Waals surface area contributed by atoms with Gasteiger partial charge in [-0.3, -0.25) is 4.79 Å². The zero-order valence-electron chi connectivity index (χ0n) is 14.7. The van der Waals surface area contributed by atoms with Crippen LogP contribution in [0, 0.1) is 11.3 Å². The molecule has 0 amide bonds. The van der Waals surface area contributed by atoms with E-state index in [2.05, 4.69) is 4.90 Å². The quantitative estimate of drug-likeness (QED) is 0.473. The van der Waals surface area contributed by atoms with Crippen LogP contribution >= 0.6 is 0 Å². The molecule has 0 saturated carbocycles. The third-order valence-electron chi connectivity index (χ3n) is 4.58. The minimum Gasteiger partial charge on any atom is -0.454 e. The van der Waals surface area contributed by atoms with Crippen LogP contribution in [-0.4, -0.2) is 38.9 Å². The first kappa shape index (κ1) is 17.1. The molecule has 0 aliphatic carbocycles. The normalized spacial score (nSPS) is 16.1. The van der Waals surface area contributed by atoms with Gasteiger partial charge in [-0.15, -0.1) is 0 Å². The number of benzene rings is 2. The van der Waals surface area contributed by atoms with E-state index in [9.17, 15) is 10.1 Å². The van der Waals surface area contributed by atoms with Gasteiger partial charge < -0.3 is 19.1 Å². The Balaban J connectivity index is 1.54. The molecule has 2 aliphatic heterocycles. The smallest absolute Gasteiger partial charge is 0.231 e. The number of hydrogen-bond donors (Lipinski definition) is 0. The highest BCUT2D eigenvalue weighted by Gasteiger charge is 2.18. The van der Waals surface area contributed by atoms with Gasteiger partial charge in [0.1, 0.15) is 11.6 Å². The molecule has 6 heteroatoms. The van der Waals surface area contributed by atoms with Crippen molar-refractivity contribution in [3.8, 4) is 17.6 Å². The zero-order valence-corrected chi connectivity index (χ0v) is 14.7. The molecule has 2 aliphatic rings. The molecule has 1 saturated heterocycles. The number of rotatable bonds is 4. The molecule has 6 nitrogen and oxygen atoms in total. The van der Waals surface area contributed by atoms with Crippen LogP contribution in [0.2, 0.25) is 0 Å². The fourth-order valence-corrected chi connectivity index (χ4v) is 3.11. The minimum atomic E-state index is -0.340. The molecule has 2 heterocycles. The summed E-state index contributed by atoms with van der Waals surface area (Å²) in [5.41, 5.74) is 2.39. The number of morpholine rings is 1. The predicted molar refractivity (Wildman–Crippen MR) is 100.0 cm³/mol. The van der Waals surface area contributed by atoms with E-state index >= 15 is 0 Å². The summed E-state index contributed by atoms with van der Waals surface area (Å²) in [4.78, 5) is 14.9. The van der Waals surface area contributed by atoms with Crippen LogP contribution in [0.25, 0.3) is 6.08 Å². The summed E-state index contributed by atoms with van der Waals surface area (Å²) < 4.78 is 15.9. The molecule has 0 atom stereocenters. The summed E-state index contributed by atoms with van der Waals surface area (Å²) in [5, 5.41) is 9.45. The maximum absolute atomic E-state index is 12.7. The van der Waals surface area contributed by atoms with Crippen molar-refractivity contribution in [1.29, 1.82) is 5.26 Å². The summed E-state index contributed by atoms with van der Waals surface area (Å²) in [6.45, 7) is 3.32. The van der Waals surface area contributed by atoms with Gasteiger partial charge >= 0.3 is 0 Å². The predicted octanol–water partition coefficient (Wildman–Crippen LogP) is 3.04. The topological polar surface area (TPSA) is 71.8 Å². The number of fused-ring (bicyclic) bond motifs is 1. The first-order valence-electron chi connectivity index (χ1n) is 8.73. The van der Waals surface area contributed by atoms with E-state index in [1.807, 2.05) is 30.3 Å². The molecule has 0 bridgehead atoms. The number of ether oxygens (including phenoxy) is 3. The Hall–Kier alpha value is -3.30. The maximum Gasteiger partial charge on any atom is 0.231 e. The Morgan fingerprint density at radius 2 is 1.78 bits per heavy atom. The standard InChI is InChI=1S/C21H18N2O4/c22-13-17(21(24)16-3-6-19-20(12-16)27-14-26-19)11-15-1-4-18(5-2-15)23-7-9-25-10-8-23/h1-6,11-12H,7-10,14H2/b17-11-. The molecule has 0 spiro atoms. The van der Waals surface area contributed by atoms with Gasteiger partial charge in [-0.05, 0) is 42.0 Å². The van der Waals surface area contributed by atoms with Crippen LogP contribution in [0.5, 0.6) is 11.5 Å². The van der Waals surface area contributed by atoms with E-state index in [1.165, 1.54) is 0 Å². The van der Waals surface area contributed by atoms with Crippen molar-refractivity contribution in [3.63, 3.8) is 0 Å². The zero-order chi connectivity index (χ0) is 18.6. The highest BCUT2D eigenvalue weighted by molar-refractivity contribution is 6.14. The van der Waals surface area contributed by atoms with E-state index in [-0.39, 0.29) is 18.1 Å². The van der Waals surface area contributed by atoms with E-state index in [0.29, 0.717) is 17.1 Å². The van der Waals surface area contributed by atoms with Gasteiger partial charge in [0.2, 0.25) is 12.6 Å². The van der Waals surface area contributed by atoms with Crippen molar-refractivity contribution in [2.24, 2.45) is 0 Å². The number of anilines is 1. The summed E-state index contributed by atoms with van der Waals surface area (Å²) in [5.74, 6) is 0.786. The summed E-state index contributed by atoms with van der Waals surface area (Å²) >= 11 is 0. The van der Waals surface area contributed by atoms with Gasteiger partial charge in [0.15, 0.2) is 11.5 Å². The molecule has 27 heavy (non-hydrogen) atoms. The molecule has 0 aromatic heterocycles. The van der Waals surface area contributed by atoms with Gasteiger partial charge in [-0.25, -0.2) is 0 Å². The van der Waals surface area contributed by atoms with Crippen molar-refractivity contribution in [2.75, 3.05) is 38.0 Å². The molecule has 2 aromatic carbocycles. The average Bonchev–Trinajstić information content (AvgIpc) is 3.20. The number of hydrogen-bond acceptors (Lipinski definition) is 6. The Labute approximate surface area is 157 Å². The molecule has 1 fully saturated rings. The summed E-state index contributed by atoms with van der Waals surface area (Å²) in [7, 11) is 0. The second-order valence-corrected chi connectivity index (χ2v) is 6.26. The van der Waals surface area contributed by atoms with Crippen LogP contribution in [-0.2, 0) is 4.74 Å². The number of Topliss-reactive ketones (excluding diaryl/α,β-unsaturated/α-hetero) is 1.